The maximum Gasteiger partial charge on any atom is 0.165 e. The van der Waals surface area contributed by atoms with Gasteiger partial charge in [0, 0.05) is 23.5 Å². The van der Waals surface area contributed by atoms with E-state index in [0.29, 0.717) is 5.92 Å². The van der Waals surface area contributed by atoms with Gasteiger partial charge in [-0.25, -0.2) is 5.16 Å². The van der Waals surface area contributed by atoms with Crippen LogP contribution >= 0.6 is 0 Å². The highest BCUT2D eigenvalue weighted by Crippen LogP contribution is 2.46. The lowest BCUT2D eigenvalue weighted by atomic mass is 9.70. The number of fused-ring (bicyclic) bond motifs is 3. The zero-order valence-electron chi connectivity index (χ0n) is 19.3. The summed E-state index contributed by atoms with van der Waals surface area (Å²) >= 11 is 0. The number of rotatable bonds is 4. The van der Waals surface area contributed by atoms with Gasteiger partial charge in [0.15, 0.2) is 5.58 Å². The molecule has 1 aliphatic carbocycles. The Labute approximate surface area is 180 Å². The Morgan fingerprint density at radius 2 is 1.93 bits per heavy atom. The number of hydrogen-bond donors (Lipinski definition) is 1. The minimum Gasteiger partial charge on any atom is -0.382 e. The molecule has 0 unspecified atom stereocenters. The van der Waals surface area contributed by atoms with Gasteiger partial charge in [-0.15, -0.1) is 0 Å². The first-order chi connectivity index (χ1) is 14.3. The third-order valence-corrected chi connectivity index (χ3v) is 7.81. The Hall–Kier alpha value is -1.81. The molecule has 162 valence electrons. The van der Waals surface area contributed by atoms with Crippen LogP contribution in [0.1, 0.15) is 77.5 Å². The minimum atomic E-state index is 0.0154. The predicted molar refractivity (Wildman–Crippen MR) is 124 cm³/mol. The quantitative estimate of drug-likeness (QED) is 0.539. The summed E-state index contributed by atoms with van der Waals surface area (Å²) in [5, 5.41) is 5.66. The average Bonchev–Trinajstić information content (AvgIpc) is 3.30. The van der Waals surface area contributed by atoms with Crippen molar-refractivity contribution in [1.29, 1.82) is 0 Å². The van der Waals surface area contributed by atoms with E-state index in [-0.39, 0.29) is 5.41 Å². The zero-order chi connectivity index (χ0) is 21.0. The van der Waals surface area contributed by atoms with Crippen LogP contribution in [0.2, 0.25) is 0 Å². The Morgan fingerprint density at radius 3 is 2.60 bits per heavy atom. The Kier molecular flexibility index (Phi) is 4.96. The molecule has 3 heterocycles. The number of hydrogen-bond acceptors (Lipinski definition) is 3. The normalized spacial score (nSPS) is 24.2. The summed E-state index contributed by atoms with van der Waals surface area (Å²) in [6, 6.07) is 4.43. The second-order valence-corrected chi connectivity index (χ2v) is 11.3. The first-order valence-electron chi connectivity index (χ1n) is 11.9. The number of nitrogens with zero attached hydrogens (tertiary/aromatic N) is 2. The summed E-state index contributed by atoms with van der Waals surface area (Å²) in [5.74, 6) is 3.22. The van der Waals surface area contributed by atoms with Gasteiger partial charge in [0.25, 0.3) is 0 Å². The summed E-state index contributed by atoms with van der Waals surface area (Å²) in [5.41, 5.74) is 4.74. The zero-order valence-corrected chi connectivity index (χ0v) is 19.3. The second-order valence-electron chi connectivity index (χ2n) is 11.3. The van der Waals surface area contributed by atoms with Crippen LogP contribution in [-0.4, -0.2) is 34.7 Å². The fourth-order valence-corrected chi connectivity index (χ4v) is 5.82. The molecule has 4 heteroatoms. The summed E-state index contributed by atoms with van der Waals surface area (Å²) in [6.45, 7) is 15.3. The topological polar surface area (TPSA) is 45.1 Å². The van der Waals surface area contributed by atoms with Crippen LogP contribution in [0.5, 0.6) is 0 Å². The largest absolute Gasteiger partial charge is 0.382 e. The maximum atomic E-state index is 5.93. The molecule has 0 atom stereocenters. The molecule has 1 saturated heterocycles. The Morgan fingerprint density at radius 1 is 1.20 bits per heavy atom. The second kappa shape index (κ2) is 7.40. The highest BCUT2D eigenvalue weighted by molar-refractivity contribution is 6.07. The van der Waals surface area contributed by atoms with Crippen LogP contribution < -0.4 is 0 Å². The standard InChI is InChI=1S/C26H37N3O/c1-16(2)18-7-10-29(11-8-18)15-17-12-19(13-17)21-14-22-23(20-6-9-27-24(20)21)25(28-30-22)26(3,4)5/h6,9,14,16-19,28H,7-8,10-13,15H2,1-5H3. The maximum absolute atomic E-state index is 5.93. The van der Waals surface area contributed by atoms with Gasteiger partial charge < -0.3 is 9.42 Å². The van der Waals surface area contributed by atoms with E-state index in [1.165, 1.54) is 72.9 Å². The van der Waals surface area contributed by atoms with Gasteiger partial charge in [-0.2, -0.15) is 0 Å². The summed E-state index contributed by atoms with van der Waals surface area (Å²) in [6.07, 6.45) is 7.30. The summed E-state index contributed by atoms with van der Waals surface area (Å²) in [4.78, 5) is 7.49. The average molecular weight is 408 g/mol. The molecule has 0 amide bonds. The number of aromatic nitrogens is 2. The molecule has 3 aromatic rings. The first-order valence-corrected chi connectivity index (χ1v) is 11.9. The van der Waals surface area contributed by atoms with Crippen molar-refractivity contribution in [3.63, 3.8) is 0 Å². The fraction of sp³-hybridized carbons (Fsp3) is 0.654. The van der Waals surface area contributed by atoms with Gasteiger partial charge >= 0.3 is 0 Å². The van der Waals surface area contributed by atoms with E-state index in [1.807, 2.05) is 6.20 Å². The van der Waals surface area contributed by atoms with Crippen molar-refractivity contribution in [2.24, 2.45) is 17.8 Å². The number of H-pyrrole nitrogens is 1. The van der Waals surface area contributed by atoms with Gasteiger partial charge in [-0.05, 0) is 80.1 Å². The molecule has 4 nitrogen and oxygen atoms in total. The molecular weight excluding hydrogens is 370 g/mol. The van der Waals surface area contributed by atoms with Gasteiger partial charge in [-0.1, -0.05) is 34.6 Å². The van der Waals surface area contributed by atoms with Crippen molar-refractivity contribution in [3.8, 4) is 0 Å². The van der Waals surface area contributed by atoms with E-state index < -0.39 is 0 Å². The number of aromatic amines is 1. The van der Waals surface area contributed by atoms with Crippen LogP contribution in [0.15, 0.2) is 22.9 Å². The van der Waals surface area contributed by atoms with E-state index in [9.17, 15) is 0 Å². The van der Waals surface area contributed by atoms with Crippen molar-refractivity contribution in [3.05, 3.63) is 29.6 Å². The monoisotopic (exact) mass is 407 g/mol. The lowest BCUT2D eigenvalue weighted by Crippen LogP contribution is -2.41. The van der Waals surface area contributed by atoms with Gasteiger partial charge in [0.1, 0.15) is 0 Å². The molecule has 2 aliphatic rings. The molecule has 30 heavy (non-hydrogen) atoms. The van der Waals surface area contributed by atoms with Crippen molar-refractivity contribution < 1.29 is 4.52 Å². The van der Waals surface area contributed by atoms with Crippen molar-refractivity contribution in [2.45, 2.75) is 71.6 Å². The third kappa shape index (κ3) is 3.47. The number of nitrogens with one attached hydrogen (secondary N) is 1. The highest BCUT2D eigenvalue weighted by Gasteiger charge is 2.35. The Balaban J connectivity index is 1.31. The molecule has 0 spiro atoms. The SMILES string of the molecule is CC(C)C1CCN(CC2CC(c3cc4o[nH]c(C(C)(C)C)c4c4ccnc34)C2)CC1. The van der Waals surface area contributed by atoms with Gasteiger partial charge in [-0.3, -0.25) is 4.98 Å². The van der Waals surface area contributed by atoms with E-state index in [0.717, 1.165) is 23.3 Å². The van der Waals surface area contributed by atoms with E-state index in [4.69, 9.17) is 9.51 Å². The smallest absolute Gasteiger partial charge is 0.165 e. The molecule has 1 saturated carbocycles. The van der Waals surface area contributed by atoms with Gasteiger partial charge in [0.05, 0.1) is 16.6 Å². The molecular formula is C26H37N3O. The van der Waals surface area contributed by atoms with E-state index >= 15 is 0 Å². The van der Waals surface area contributed by atoms with E-state index in [1.54, 1.807) is 0 Å². The minimum absolute atomic E-state index is 0.0154. The van der Waals surface area contributed by atoms with Gasteiger partial charge in [0.2, 0.25) is 0 Å². The van der Waals surface area contributed by atoms with Crippen LogP contribution in [0.4, 0.5) is 0 Å². The molecule has 1 aromatic carbocycles. The number of piperidine rings is 1. The predicted octanol–water partition coefficient (Wildman–Crippen LogP) is 6.47. The Bertz CT molecular complexity index is 1020. The molecule has 0 bridgehead atoms. The number of benzene rings is 1. The molecule has 2 aromatic heterocycles. The first kappa shape index (κ1) is 20.1. The van der Waals surface area contributed by atoms with E-state index in [2.05, 4.69) is 56.8 Å². The van der Waals surface area contributed by atoms with Crippen LogP contribution in [-0.2, 0) is 5.41 Å². The molecule has 5 rings (SSSR count). The molecule has 1 N–H and O–H groups in total. The third-order valence-electron chi connectivity index (χ3n) is 7.81. The van der Waals surface area contributed by atoms with Crippen LogP contribution in [0.25, 0.3) is 21.9 Å². The lowest BCUT2D eigenvalue weighted by Gasteiger charge is -2.41. The summed E-state index contributed by atoms with van der Waals surface area (Å²) < 4.78 is 5.93. The molecule has 2 fully saturated rings. The lowest BCUT2D eigenvalue weighted by molar-refractivity contribution is 0.108. The van der Waals surface area contributed by atoms with Crippen LogP contribution in [0, 0.1) is 17.8 Å². The molecule has 1 aliphatic heterocycles. The number of likely N-dealkylation sites (tertiary alicyclic amines) is 1. The summed E-state index contributed by atoms with van der Waals surface area (Å²) in [7, 11) is 0. The van der Waals surface area contributed by atoms with Crippen molar-refractivity contribution >= 4 is 21.9 Å². The fourth-order valence-electron chi connectivity index (χ4n) is 5.82. The van der Waals surface area contributed by atoms with Crippen molar-refractivity contribution in [2.75, 3.05) is 19.6 Å². The van der Waals surface area contributed by atoms with Crippen molar-refractivity contribution in [1.82, 2.24) is 15.0 Å². The highest BCUT2D eigenvalue weighted by atomic mass is 16.5. The molecule has 0 radical (unpaired) electrons. The van der Waals surface area contributed by atoms with Crippen LogP contribution in [0.3, 0.4) is 0 Å².